The molecule has 0 aromatic heterocycles. The van der Waals surface area contributed by atoms with Crippen LogP contribution in [0, 0.1) is 18.8 Å². The molecule has 0 bridgehead atoms. The highest BCUT2D eigenvalue weighted by molar-refractivity contribution is 7.89. The third kappa shape index (κ3) is 4.21. The first-order valence-electron chi connectivity index (χ1n) is 6.69. The molecule has 1 aromatic carbocycles. The topological polar surface area (TPSA) is 49.9 Å². The summed E-state index contributed by atoms with van der Waals surface area (Å²) in [6.07, 6.45) is 0.0460. The Morgan fingerprint density at radius 3 is 2.43 bits per heavy atom. The lowest BCUT2D eigenvalue weighted by atomic mass is 10.2. The molecule has 0 unspecified atom stereocenters. The molecule has 4 nitrogen and oxygen atoms in total. The highest BCUT2D eigenvalue weighted by Crippen LogP contribution is 2.25. The fourth-order valence-corrected chi connectivity index (χ4v) is 3.37. The molecule has 0 aliphatic carbocycles. The highest BCUT2D eigenvalue weighted by atomic mass is 35.5. The Morgan fingerprint density at radius 1 is 1.29 bits per heavy atom. The van der Waals surface area contributed by atoms with Crippen LogP contribution in [0.1, 0.15) is 12.5 Å². The summed E-state index contributed by atoms with van der Waals surface area (Å²) in [7, 11) is -3.57. The van der Waals surface area contributed by atoms with Gasteiger partial charge in [0.15, 0.2) is 0 Å². The average molecular weight is 328 g/mol. The van der Waals surface area contributed by atoms with E-state index in [4.69, 9.17) is 16.3 Å². The maximum absolute atomic E-state index is 12.7. The molecule has 2 rings (SSSR count). The number of ether oxygens (including phenoxy) is 1. The minimum Gasteiger partial charge on any atom is -0.368 e. The van der Waals surface area contributed by atoms with E-state index in [0.717, 1.165) is 5.56 Å². The molecule has 1 saturated heterocycles. The highest BCUT2D eigenvalue weighted by Gasteiger charge is 2.38. The number of hydrogen-bond donors (Lipinski definition) is 0. The molecule has 1 fully saturated rings. The number of sulfonamides is 1. The van der Waals surface area contributed by atoms with E-state index in [1.54, 1.807) is 24.3 Å². The summed E-state index contributed by atoms with van der Waals surface area (Å²) in [6.45, 7) is 4.27. The third-order valence-corrected chi connectivity index (χ3v) is 5.29. The molecule has 1 aromatic rings. The van der Waals surface area contributed by atoms with Crippen LogP contribution in [0.15, 0.2) is 29.2 Å². The molecule has 2 atom stereocenters. The summed E-state index contributed by atoms with van der Waals surface area (Å²) in [6, 6.07) is 6.80. The number of epoxide rings is 1. The number of aryl methyl sites for hydroxylation is 1. The van der Waals surface area contributed by atoms with Gasteiger partial charge in [-0.25, -0.2) is 8.42 Å². The number of nitrogens with zero attached hydrogens (tertiary/aromatic N) is 1. The van der Waals surface area contributed by atoms with E-state index in [9.17, 15) is 8.42 Å². The lowest BCUT2D eigenvalue weighted by molar-refractivity contribution is 0.338. The predicted octanol–water partition coefficient (Wildman–Crippen LogP) is 2.02. The molecule has 0 amide bonds. The second kappa shape index (κ2) is 6.80. The summed E-state index contributed by atoms with van der Waals surface area (Å²) in [5, 5.41) is 0. The average Bonchev–Trinajstić information content (AvgIpc) is 3.14. The van der Waals surface area contributed by atoms with E-state index in [1.807, 2.05) is 13.8 Å². The van der Waals surface area contributed by atoms with Gasteiger partial charge in [-0.05, 0) is 26.0 Å². The fraction of sp³-hybridized carbons (Fsp3) is 0.467. The van der Waals surface area contributed by atoms with Gasteiger partial charge in [-0.1, -0.05) is 29.5 Å². The van der Waals surface area contributed by atoms with Crippen molar-refractivity contribution in [1.82, 2.24) is 4.31 Å². The normalized spacial score (nSPS) is 21.0. The zero-order chi connectivity index (χ0) is 15.5. The van der Waals surface area contributed by atoms with Crippen LogP contribution in [-0.4, -0.2) is 43.9 Å². The SMILES string of the molecule is Cc1ccc(S(=O)(=O)N(CC#CCCl)C[C@H]2O[C@@H]2C)cc1. The Morgan fingerprint density at radius 2 is 1.90 bits per heavy atom. The second-order valence-electron chi connectivity index (χ2n) is 4.98. The second-order valence-corrected chi connectivity index (χ2v) is 7.18. The van der Waals surface area contributed by atoms with Gasteiger partial charge in [0.05, 0.1) is 29.5 Å². The van der Waals surface area contributed by atoms with E-state index < -0.39 is 10.0 Å². The minimum atomic E-state index is -3.57. The van der Waals surface area contributed by atoms with Gasteiger partial charge in [-0.3, -0.25) is 0 Å². The number of halogens is 1. The van der Waals surface area contributed by atoms with Crippen molar-refractivity contribution >= 4 is 21.6 Å². The van der Waals surface area contributed by atoms with Crippen LogP contribution in [0.4, 0.5) is 0 Å². The van der Waals surface area contributed by atoms with Crippen LogP contribution in [0.2, 0.25) is 0 Å². The Kier molecular flexibility index (Phi) is 5.28. The van der Waals surface area contributed by atoms with Crippen molar-refractivity contribution in [3.63, 3.8) is 0 Å². The maximum atomic E-state index is 12.7. The first kappa shape index (κ1) is 16.3. The number of benzene rings is 1. The van der Waals surface area contributed by atoms with Crippen molar-refractivity contribution in [1.29, 1.82) is 0 Å². The van der Waals surface area contributed by atoms with Gasteiger partial charge in [-0.2, -0.15) is 4.31 Å². The molecule has 1 aliphatic rings. The zero-order valence-corrected chi connectivity index (χ0v) is 13.6. The van der Waals surface area contributed by atoms with Crippen molar-refractivity contribution in [3.8, 4) is 11.8 Å². The van der Waals surface area contributed by atoms with Crippen molar-refractivity contribution in [2.75, 3.05) is 19.0 Å². The maximum Gasteiger partial charge on any atom is 0.244 e. The number of hydrogen-bond acceptors (Lipinski definition) is 3. The summed E-state index contributed by atoms with van der Waals surface area (Å²) in [5.74, 6) is 5.65. The molecule has 0 N–H and O–H groups in total. The quantitative estimate of drug-likeness (QED) is 0.472. The first-order chi connectivity index (χ1) is 9.95. The van der Waals surface area contributed by atoms with Gasteiger partial charge < -0.3 is 4.74 Å². The zero-order valence-electron chi connectivity index (χ0n) is 12.0. The summed E-state index contributed by atoms with van der Waals surface area (Å²) in [4.78, 5) is 0.272. The van der Waals surface area contributed by atoms with Crippen molar-refractivity contribution in [2.45, 2.75) is 31.0 Å². The van der Waals surface area contributed by atoms with Gasteiger partial charge in [0.1, 0.15) is 0 Å². The van der Waals surface area contributed by atoms with E-state index in [-0.39, 0.29) is 29.5 Å². The molecular weight excluding hydrogens is 310 g/mol. The Hall–Kier alpha value is -1.06. The van der Waals surface area contributed by atoms with Crippen molar-refractivity contribution in [3.05, 3.63) is 29.8 Å². The minimum absolute atomic E-state index is 0.0528. The monoisotopic (exact) mass is 327 g/mol. The largest absolute Gasteiger partial charge is 0.368 e. The van der Waals surface area contributed by atoms with Crippen LogP contribution in [0.5, 0.6) is 0 Å². The Bertz CT molecular complexity index is 646. The van der Waals surface area contributed by atoms with Gasteiger partial charge in [-0.15, -0.1) is 11.6 Å². The first-order valence-corrected chi connectivity index (χ1v) is 8.66. The molecule has 1 aliphatic heterocycles. The van der Waals surface area contributed by atoms with Gasteiger partial charge >= 0.3 is 0 Å². The van der Waals surface area contributed by atoms with Crippen molar-refractivity contribution in [2.24, 2.45) is 0 Å². The Labute approximate surface area is 131 Å². The summed E-state index contributed by atoms with van der Waals surface area (Å²) >= 11 is 5.51. The molecular formula is C15H18ClNO3S. The predicted molar refractivity (Wildman–Crippen MR) is 82.8 cm³/mol. The van der Waals surface area contributed by atoms with Crippen LogP contribution < -0.4 is 0 Å². The standard InChI is InChI=1S/C15H18ClNO3S/c1-12-5-7-14(8-6-12)21(18,19)17(10-4-3-9-16)11-15-13(2)20-15/h5-8,13,15H,9-11H2,1-2H3/t13-,15-/m1/s1. The summed E-state index contributed by atoms with van der Waals surface area (Å²) in [5.41, 5.74) is 1.02. The third-order valence-electron chi connectivity index (χ3n) is 3.33. The van der Waals surface area contributed by atoms with Crippen LogP contribution in [-0.2, 0) is 14.8 Å². The molecule has 0 radical (unpaired) electrons. The molecule has 0 spiro atoms. The van der Waals surface area contributed by atoms with Crippen LogP contribution in [0.3, 0.4) is 0 Å². The van der Waals surface area contributed by atoms with Crippen LogP contribution >= 0.6 is 11.6 Å². The van der Waals surface area contributed by atoms with Crippen LogP contribution in [0.25, 0.3) is 0 Å². The lowest BCUT2D eigenvalue weighted by Gasteiger charge is -2.19. The molecule has 0 saturated carbocycles. The van der Waals surface area contributed by atoms with Crippen molar-refractivity contribution < 1.29 is 13.2 Å². The summed E-state index contributed by atoms with van der Waals surface area (Å²) < 4.78 is 32.0. The van der Waals surface area contributed by atoms with E-state index in [0.29, 0.717) is 6.54 Å². The van der Waals surface area contributed by atoms with E-state index in [1.165, 1.54) is 4.31 Å². The molecule has 21 heavy (non-hydrogen) atoms. The van der Waals surface area contributed by atoms with E-state index >= 15 is 0 Å². The fourth-order valence-electron chi connectivity index (χ4n) is 1.92. The molecule has 6 heteroatoms. The number of rotatable bonds is 5. The van der Waals surface area contributed by atoms with Gasteiger partial charge in [0.2, 0.25) is 10.0 Å². The van der Waals surface area contributed by atoms with E-state index in [2.05, 4.69) is 11.8 Å². The lowest BCUT2D eigenvalue weighted by Crippen LogP contribution is -2.35. The van der Waals surface area contributed by atoms with Gasteiger partial charge in [0.25, 0.3) is 0 Å². The number of alkyl halides is 1. The van der Waals surface area contributed by atoms with Gasteiger partial charge in [0, 0.05) is 6.54 Å². The molecule has 114 valence electrons. The molecule has 1 heterocycles. The smallest absolute Gasteiger partial charge is 0.244 e. The Balaban J connectivity index is 2.22.